The van der Waals surface area contributed by atoms with Gasteiger partial charge in [0.15, 0.2) is 11.6 Å². The monoisotopic (exact) mass is 343 g/mol. The number of thiophene rings is 1. The number of benzene rings is 1. The van der Waals surface area contributed by atoms with Crippen molar-refractivity contribution in [2.75, 3.05) is 13.7 Å². The van der Waals surface area contributed by atoms with E-state index in [0.717, 1.165) is 22.1 Å². The SMILES string of the molecule is CCNC(c1ccc(F)c(OC)c1)c1cscc1Br. The fourth-order valence-corrected chi connectivity index (χ4v) is 3.52. The van der Waals surface area contributed by atoms with Gasteiger partial charge in [-0.15, -0.1) is 0 Å². The molecule has 0 saturated carbocycles. The van der Waals surface area contributed by atoms with Crippen LogP contribution >= 0.6 is 27.3 Å². The maximum atomic E-state index is 13.5. The summed E-state index contributed by atoms with van der Waals surface area (Å²) in [5.41, 5.74) is 2.14. The number of ether oxygens (including phenoxy) is 1. The molecule has 1 atom stereocenters. The molecule has 0 radical (unpaired) electrons. The zero-order chi connectivity index (χ0) is 13.8. The Kier molecular flexibility index (Phi) is 4.96. The molecule has 0 amide bonds. The molecule has 5 heteroatoms. The average molecular weight is 344 g/mol. The molecular formula is C14H15BrFNOS. The largest absolute Gasteiger partial charge is 0.494 e. The highest BCUT2D eigenvalue weighted by Crippen LogP contribution is 2.33. The van der Waals surface area contributed by atoms with Crippen LogP contribution in [0.2, 0.25) is 0 Å². The summed E-state index contributed by atoms with van der Waals surface area (Å²) in [4.78, 5) is 0. The highest BCUT2D eigenvalue weighted by atomic mass is 79.9. The van der Waals surface area contributed by atoms with Crippen molar-refractivity contribution >= 4 is 27.3 Å². The molecule has 0 aliphatic carbocycles. The van der Waals surface area contributed by atoms with E-state index in [2.05, 4.69) is 26.6 Å². The quantitative estimate of drug-likeness (QED) is 0.870. The van der Waals surface area contributed by atoms with Crippen LogP contribution in [0.4, 0.5) is 4.39 Å². The fourth-order valence-electron chi connectivity index (χ4n) is 1.96. The van der Waals surface area contributed by atoms with Crippen molar-refractivity contribution in [1.82, 2.24) is 5.32 Å². The zero-order valence-electron chi connectivity index (χ0n) is 10.7. The highest BCUT2D eigenvalue weighted by molar-refractivity contribution is 9.10. The Morgan fingerprint density at radius 1 is 1.42 bits per heavy atom. The lowest BCUT2D eigenvalue weighted by Gasteiger charge is -2.19. The Bertz CT molecular complexity index is 558. The van der Waals surface area contributed by atoms with E-state index in [-0.39, 0.29) is 17.6 Å². The molecule has 1 aromatic heterocycles. The van der Waals surface area contributed by atoms with Crippen LogP contribution in [-0.4, -0.2) is 13.7 Å². The molecule has 2 rings (SSSR count). The lowest BCUT2D eigenvalue weighted by atomic mass is 10.0. The number of hydrogen-bond donors (Lipinski definition) is 1. The second-order valence-electron chi connectivity index (χ2n) is 4.06. The van der Waals surface area contributed by atoms with Gasteiger partial charge in [-0.2, -0.15) is 11.3 Å². The van der Waals surface area contributed by atoms with E-state index in [0.29, 0.717) is 0 Å². The first-order valence-electron chi connectivity index (χ1n) is 5.95. The van der Waals surface area contributed by atoms with Gasteiger partial charge in [-0.1, -0.05) is 13.0 Å². The maximum Gasteiger partial charge on any atom is 0.165 e. The van der Waals surface area contributed by atoms with Crippen molar-refractivity contribution in [2.45, 2.75) is 13.0 Å². The van der Waals surface area contributed by atoms with Gasteiger partial charge in [0, 0.05) is 9.85 Å². The number of halogens is 2. The standard InChI is InChI=1S/C14H15BrFNOS/c1-3-17-14(10-7-19-8-11(10)15)9-4-5-12(16)13(6-9)18-2/h4-8,14,17H,3H2,1-2H3. The highest BCUT2D eigenvalue weighted by Gasteiger charge is 2.18. The summed E-state index contributed by atoms with van der Waals surface area (Å²) in [6.07, 6.45) is 0. The van der Waals surface area contributed by atoms with Crippen LogP contribution in [0.15, 0.2) is 33.4 Å². The molecule has 0 bridgehead atoms. The number of rotatable bonds is 5. The summed E-state index contributed by atoms with van der Waals surface area (Å²) in [6, 6.07) is 5.00. The van der Waals surface area contributed by atoms with Gasteiger partial charge < -0.3 is 10.1 Å². The molecule has 0 spiro atoms. The van der Waals surface area contributed by atoms with Crippen molar-refractivity contribution in [1.29, 1.82) is 0 Å². The van der Waals surface area contributed by atoms with E-state index in [9.17, 15) is 4.39 Å². The third-order valence-electron chi connectivity index (χ3n) is 2.87. The minimum Gasteiger partial charge on any atom is -0.494 e. The second-order valence-corrected chi connectivity index (χ2v) is 5.66. The van der Waals surface area contributed by atoms with Gasteiger partial charge in [-0.3, -0.25) is 0 Å². The smallest absolute Gasteiger partial charge is 0.165 e. The third-order valence-corrected chi connectivity index (χ3v) is 4.62. The molecule has 1 aromatic carbocycles. The average Bonchev–Trinajstić information content (AvgIpc) is 2.83. The van der Waals surface area contributed by atoms with Crippen LogP contribution in [0.1, 0.15) is 24.1 Å². The van der Waals surface area contributed by atoms with Gasteiger partial charge in [0.05, 0.1) is 13.2 Å². The van der Waals surface area contributed by atoms with Gasteiger partial charge in [0.1, 0.15) is 0 Å². The molecule has 0 saturated heterocycles. The van der Waals surface area contributed by atoms with Gasteiger partial charge in [0.25, 0.3) is 0 Å². The first-order valence-corrected chi connectivity index (χ1v) is 7.69. The molecule has 1 heterocycles. The first kappa shape index (κ1) is 14.5. The second kappa shape index (κ2) is 6.50. The summed E-state index contributed by atoms with van der Waals surface area (Å²) < 4.78 is 19.6. The molecule has 1 N–H and O–H groups in total. The minimum absolute atomic E-state index is 0.0279. The van der Waals surface area contributed by atoms with Gasteiger partial charge in [-0.25, -0.2) is 4.39 Å². The summed E-state index contributed by atoms with van der Waals surface area (Å²) in [6.45, 7) is 2.88. The van der Waals surface area contributed by atoms with Crippen molar-refractivity contribution in [3.63, 3.8) is 0 Å². The van der Waals surface area contributed by atoms with Crippen molar-refractivity contribution in [2.24, 2.45) is 0 Å². The minimum atomic E-state index is -0.342. The van der Waals surface area contributed by atoms with Crippen molar-refractivity contribution in [3.8, 4) is 5.75 Å². The van der Waals surface area contributed by atoms with Crippen LogP contribution < -0.4 is 10.1 Å². The summed E-state index contributed by atoms with van der Waals surface area (Å²) in [7, 11) is 1.48. The van der Waals surface area contributed by atoms with Gasteiger partial charge in [0.2, 0.25) is 0 Å². The Labute approximate surface area is 124 Å². The lowest BCUT2D eigenvalue weighted by Crippen LogP contribution is -2.22. The molecule has 1 unspecified atom stereocenters. The molecule has 0 fully saturated rings. The molecule has 0 aliphatic rings. The van der Waals surface area contributed by atoms with Gasteiger partial charge >= 0.3 is 0 Å². The number of methoxy groups -OCH3 is 1. The molecule has 19 heavy (non-hydrogen) atoms. The molecule has 0 aliphatic heterocycles. The summed E-state index contributed by atoms with van der Waals surface area (Å²) in [5, 5.41) is 7.54. The Hall–Kier alpha value is -0.910. The van der Waals surface area contributed by atoms with Crippen LogP contribution in [0.5, 0.6) is 5.75 Å². The van der Waals surface area contributed by atoms with E-state index < -0.39 is 0 Å². The topological polar surface area (TPSA) is 21.3 Å². The van der Waals surface area contributed by atoms with E-state index in [1.807, 2.05) is 12.3 Å². The molecule has 2 nitrogen and oxygen atoms in total. The van der Waals surface area contributed by atoms with E-state index >= 15 is 0 Å². The molecule has 102 valence electrons. The van der Waals surface area contributed by atoms with E-state index in [1.54, 1.807) is 23.5 Å². The van der Waals surface area contributed by atoms with Crippen LogP contribution in [0.25, 0.3) is 0 Å². The van der Waals surface area contributed by atoms with Crippen LogP contribution in [-0.2, 0) is 0 Å². The summed E-state index contributed by atoms with van der Waals surface area (Å²) >= 11 is 5.19. The number of nitrogens with one attached hydrogen (secondary N) is 1. The van der Waals surface area contributed by atoms with Crippen molar-refractivity contribution < 1.29 is 9.13 Å². The predicted molar refractivity (Wildman–Crippen MR) is 80.5 cm³/mol. The van der Waals surface area contributed by atoms with E-state index in [4.69, 9.17) is 4.74 Å². The van der Waals surface area contributed by atoms with E-state index in [1.165, 1.54) is 13.2 Å². The Balaban J connectivity index is 2.42. The Morgan fingerprint density at radius 2 is 2.21 bits per heavy atom. The van der Waals surface area contributed by atoms with Crippen LogP contribution in [0, 0.1) is 5.82 Å². The van der Waals surface area contributed by atoms with Crippen LogP contribution in [0.3, 0.4) is 0 Å². The summed E-state index contributed by atoms with van der Waals surface area (Å²) in [5.74, 6) is -0.0716. The molecular weight excluding hydrogens is 329 g/mol. The van der Waals surface area contributed by atoms with Gasteiger partial charge in [-0.05, 0) is 51.1 Å². The normalized spacial score (nSPS) is 12.4. The zero-order valence-corrected chi connectivity index (χ0v) is 13.1. The Morgan fingerprint density at radius 3 is 2.79 bits per heavy atom. The molecule has 2 aromatic rings. The third kappa shape index (κ3) is 3.16. The predicted octanol–water partition coefficient (Wildman–Crippen LogP) is 4.36. The maximum absolute atomic E-state index is 13.5. The number of hydrogen-bond acceptors (Lipinski definition) is 3. The fraction of sp³-hybridized carbons (Fsp3) is 0.286. The van der Waals surface area contributed by atoms with Crippen molar-refractivity contribution in [3.05, 3.63) is 50.4 Å². The lowest BCUT2D eigenvalue weighted by molar-refractivity contribution is 0.385. The first-order chi connectivity index (χ1) is 9.17.